The van der Waals surface area contributed by atoms with Gasteiger partial charge in [-0.15, -0.1) is 0 Å². The molecular formula is C13H27NO2. The van der Waals surface area contributed by atoms with Crippen LogP contribution in [0, 0.1) is 5.92 Å². The zero-order valence-electron chi connectivity index (χ0n) is 11.2. The van der Waals surface area contributed by atoms with Crippen LogP contribution in [0.25, 0.3) is 0 Å². The van der Waals surface area contributed by atoms with Gasteiger partial charge in [0.05, 0.1) is 5.60 Å². The maximum absolute atomic E-state index is 5.69. The third kappa shape index (κ3) is 3.44. The number of likely N-dealkylation sites (N-methyl/N-ethyl adjacent to an activating group) is 1. The van der Waals surface area contributed by atoms with Crippen molar-refractivity contribution >= 4 is 0 Å². The molecule has 1 rings (SSSR count). The summed E-state index contributed by atoms with van der Waals surface area (Å²) in [5, 5.41) is 3.43. The largest absolute Gasteiger partial charge is 0.381 e. The van der Waals surface area contributed by atoms with Gasteiger partial charge in [-0.3, -0.25) is 0 Å². The highest BCUT2D eigenvalue weighted by atomic mass is 16.5. The number of rotatable bonds is 6. The molecule has 0 bridgehead atoms. The van der Waals surface area contributed by atoms with E-state index in [0.717, 1.165) is 25.6 Å². The molecule has 2 unspecified atom stereocenters. The van der Waals surface area contributed by atoms with Crippen LogP contribution in [0.2, 0.25) is 0 Å². The van der Waals surface area contributed by atoms with Gasteiger partial charge in [0.15, 0.2) is 0 Å². The Kier molecular flexibility index (Phi) is 5.73. The monoisotopic (exact) mass is 229 g/mol. The Labute approximate surface area is 99.9 Å². The van der Waals surface area contributed by atoms with E-state index in [1.54, 1.807) is 0 Å². The Morgan fingerprint density at radius 1 is 1.44 bits per heavy atom. The van der Waals surface area contributed by atoms with Crippen molar-refractivity contribution in [3.63, 3.8) is 0 Å². The Morgan fingerprint density at radius 2 is 2.06 bits per heavy atom. The molecule has 0 saturated carbocycles. The van der Waals surface area contributed by atoms with E-state index in [9.17, 15) is 0 Å². The van der Waals surface area contributed by atoms with Gasteiger partial charge in [-0.05, 0) is 45.6 Å². The Bertz CT molecular complexity index is 186. The Hall–Kier alpha value is -0.120. The van der Waals surface area contributed by atoms with Crippen molar-refractivity contribution in [1.82, 2.24) is 5.32 Å². The molecule has 3 heteroatoms. The van der Waals surface area contributed by atoms with E-state index in [0.29, 0.717) is 6.04 Å². The minimum Gasteiger partial charge on any atom is -0.381 e. The molecule has 1 fully saturated rings. The van der Waals surface area contributed by atoms with E-state index in [1.165, 1.54) is 19.3 Å². The van der Waals surface area contributed by atoms with E-state index in [2.05, 4.69) is 19.2 Å². The van der Waals surface area contributed by atoms with Crippen LogP contribution in [0.1, 0.15) is 39.5 Å². The lowest BCUT2D eigenvalue weighted by Crippen LogP contribution is -2.49. The van der Waals surface area contributed by atoms with Crippen LogP contribution in [-0.2, 0) is 9.47 Å². The van der Waals surface area contributed by atoms with Gasteiger partial charge in [-0.2, -0.15) is 0 Å². The number of methoxy groups -OCH3 is 1. The van der Waals surface area contributed by atoms with E-state index < -0.39 is 0 Å². The zero-order valence-corrected chi connectivity index (χ0v) is 11.2. The highest BCUT2D eigenvalue weighted by Gasteiger charge is 2.33. The van der Waals surface area contributed by atoms with Crippen molar-refractivity contribution in [2.75, 3.05) is 27.4 Å². The fourth-order valence-electron chi connectivity index (χ4n) is 2.52. The summed E-state index contributed by atoms with van der Waals surface area (Å²) in [6.45, 7) is 6.25. The normalized spacial score (nSPS) is 24.0. The van der Waals surface area contributed by atoms with Gasteiger partial charge in [-0.1, -0.05) is 6.92 Å². The SMILES string of the molecule is CCC(C)(OC)C(CC1CCOCC1)NC. The standard InChI is InChI=1S/C13H27NO2/c1-5-13(2,15-4)12(14-3)10-11-6-8-16-9-7-11/h11-12,14H,5-10H2,1-4H3. The van der Waals surface area contributed by atoms with Crippen LogP contribution >= 0.6 is 0 Å². The Morgan fingerprint density at radius 3 is 2.50 bits per heavy atom. The molecular weight excluding hydrogens is 202 g/mol. The van der Waals surface area contributed by atoms with Crippen molar-refractivity contribution in [2.24, 2.45) is 5.92 Å². The molecule has 0 amide bonds. The summed E-state index contributed by atoms with van der Waals surface area (Å²) in [6, 6.07) is 0.436. The van der Waals surface area contributed by atoms with E-state index in [-0.39, 0.29) is 5.60 Å². The van der Waals surface area contributed by atoms with Gasteiger partial charge in [0, 0.05) is 26.4 Å². The molecule has 96 valence electrons. The van der Waals surface area contributed by atoms with Crippen LogP contribution in [0.3, 0.4) is 0 Å². The van der Waals surface area contributed by atoms with Gasteiger partial charge >= 0.3 is 0 Å². The van der Waals surface area contributed by atoms with Crippen LogP contribution in [0.15, 0.2) is 0 Å². The Balaban J connectivity index is 2.52. The van der Waals surface area contributed by atoms with Crippen LogP contribution in [-0.4, -0.2) is 39.0 Å². The molecule has 0 aliphatic carbocycles. The summed E-state index contributed by atoms with van der Waals surface area (Å²) >= 11 is 0. The van der Waals surface area contributed by atoms with Gasteiger partial charge in [0.2, 0.25) is 0 Å². The molecule has 0 spiro atoms. The van der Waals surface area contributed by atoms with Crippen molar-refractivity contribution in [3.8, 4) is 0 Å². The lowest BCUT2D eigenvalue weighted by atomic mass is 9.83. The summed E-state index contributed by atoms with van der Waals surface area (Å²) in [7, 11) is 3.86. The summed E-state index contributed by atoms with van der Waals surface area (Å²) in [5.41, 5.74) is -0.0486. The molecule has 1 aliphatic heterocycles. The molecule has 1 N–H and O–H groups in total. The number of hydrogen-bond acceptors (Lipinski definition) is 3. The van der Waals surface area contributed by atoms with Crippen LogP contribution in [0.4, 0.5) is 0 Å². The quantitative estimate of drug-likeness (QED) is 0.757. The fraction of sp³-hybridized carbons (Fsp3) is 1.00. The molecule has 16 heavy (non-hydrogen) atoms. The predicted octanol–water partition coefficient (Wildman–Crippen LogP) is 2.21. The smallest absolute Gasteiger partial charge is 0.0800 e. The first kappa shape index (κ1) is 13.9. The van der Waals surface area contributed by atoms with E-state index >= 15 is 0 Å². The second-order valence-electron chi connectivity index (χ2n) is 5.00. The average molecular weight is 229 g/mol. The summed E-state index contributed by atoms with van der Waals surface area (Å²) in [5.74, 6) is 0.784. The molecule has 1 saturated heterocycles. The van der Waals surface area contributed by atoms with Crippen molar-refractivity contribution in [1.29, 1.82) is 0 Å². The first-order valence-electron chi connectivity index (χ1n) is 6.46. The molecule has 0 aromatic carbocycles. The average Bonchev–Trinajstić information content (AvgIpc) is 2.36. The van der Waals surface area contributed by atoms with Crippen molar-refractivity contribution in [3.05, 3.63) is 0 Å². The lowest BCUT2D eigenvalue weighted by molar-refractivity contribution is -0.0388. The molecule has 3 nitrogen and oxygen atoms in total. The summed E-state index contributed by atoms with van der Waals surface area (Å²) < 4.78 is 11.1. The molecule has 0 aromatic rings. The third-order valence-corrected chi connectivity index (χ3v) is 4.16. The highest BCUT2D eigenvalue weighted by Crippen LogP contribution is 2.28. The maximum atomic E-state index is 5.69. The topological polar surface area (TPSA) is 30.5 Å². The summed E-state index contributed by atoms with van der Waals surface area (Å²) in [6.07, 6.45) is 4.62. The maximum Gasteiger partial charge on any atom is 0.0800 e. The predicted molar refractivity (Wildman–Crippen MR) is 66.7 cm³/mol. The van der Waals surface area contributed by atoms with Crippen LogP contribution < -0.4 is 5.32 Å². The number of nitrogens with one attached hydrogen (secondary N) is 1. The van der Waals surface area contributed by atoms with Gasteiger partial charge in [-0.25, -0.2) is 0 Å². The van der Waals surface area contributed by atoms with Crippen LogP contribution in [0.5, 0.6) is 0 Å². The first-order chi connectivity index (χ1) is 7.66. The summed E-state index contributed by atoms with van der Waals surface area (Å²) in [4.78, 5) is 0. The number of ether oxygens (including phenoxy) is 2. The minimum absolute atomic E-state index is 0.0486. The molecule has 0 radical (unpaired) electrons. The highest BCUT2D eigenvalue weighted by molar-refractivity contribution is 4.89. The van der Waals surface area contributed by atoms with Gasteiger partial charge in [0.25, 0.3) is 0 Å². The molecule has 1 aliphatic rings. The van der Waals surface area contributed by atoms with E-state index in [4.69, 9.17) is 9.47 Å². The zero-order chi connectivity index (χ0) is 12.0. The third-order valence-electron chi connectivity index (χ3n) is 4.16. The van der Waals surface area contributed by atoms with E-state index in [1.807, 2.05) is 14.2 Å². The molecule has 0 aromatic heterocycles. The second-order valence-corrected chi connectivity index (χ2v) is 5.00. The van der Waals surface area contributed by atoms with Gasteiger partial charge in [0.1, 0.15) is 0 Å². The van der Waals surface area contributed by atoms with Crippen molar-refractivity contribution < 1.29 is 9.47 Å². The lowest BCUT2D eigenvalue weighted by Gasteiger charge is -2.38. The first-order valence-corrected chi connectivity index (χ1v) is 6.46. The van der Waals surface area contributed by atoms with Gasteiger partial charge < -0.3 is 14.8 Å². The number of hydrogen-bond donors (Lipinski definition) is 1. The fourth-order valence-corrected chi connectivity index (χ4v) is 2.52. The minimum atomic E-state index is -0.0486. The molecule has 2 atom stereocenters. The molecule has 1 heterocycles. The van der Waals surface area contributed by atoms with Crippen molar-refractivity contribution in [2.45, 2.75) is 51.2 Å². The second kappa shape index (κ2) is 6.58.